The highest BCUT2D eigenvalue weighted by Gasteiger charge is 2.26. The van der Waals surface area contributed by atoms with Gasteiger partial charge in [-0.15, -0.1) is 11.3 Å². The molecule has 1 aliphatic heterocycles. The number of likely N-dealkylation sites (tertiary alicyclic amines) is 1. The van der Waals surface area contributed by atoms with Gasteiger partial charge < -0.3 is 15.2 Å². The number of ether oxygens (including phenoxy) is 2. The molecule has 134 valence electrons. The number of nitrogens with two attached hydrogens (primary N) is 1. The van der Waals surface area contributed by atoms with E-state index >= 15 is 0 Å². The summed E-state index contributed by atoms with van der Waals surface area (Å²) in [4.78, 5) is 15.8. The SMILES string of the molecule is CCOc1ccc(-c2c(CN3CCCC3)sc(N)c2C(=O)OC)cc1. The van der Waals surface area contributed by atoms with Gasteiger partial charge in [-0.05, 0) is 50.6 Å². The van der Waals surface area contributed by atoms with Gasteiger partial charge in [0.1, 0.15) is 16.3 Å². The van der Waals surface area contributed by atoms with Crippen molar-refractivity contribution < 1.29 is 14.3 Å². The van der Waals surface area contributed by atoms with Crippen LogP contribution in [-0.2, 0) is 11.3 Å². The monoisotopic (exact) mass is 360 g/mol. The topological polar surface area (TPSA) is 64.8 Å². The third kappa shape index (κ3) is 3.80. The highest BCUT2D eigenvalue weighted by atomic mass is 32.1. The zero-order chi connectivity index (χ0) is 17.8. The Labute approximate surface area is 152 Å². The second-order valence-electron chi connectivity index (χ2n) is 6.07. The van der Waals surface area contributed by atoms with E-state index < -0.39 is 0 Å². The molecule has 5 nitrogen and oxygen atoms in total. The third-order valence-electron chi connectivity index (χ3n) is 4.42. The van der Waals surface area contributed by atoms with Crippen LogP contribution in [0.2, 0.25) is 0 Å². The average Bonchev–Trinajstić information content (AvgIpc) is 3.23. The minimum Gasteiger partial charge on any atom is -0.494 e. The quantitative estimate of drug-likeness (QED) is 0.794. The molecule has 0 bridgehead atoms. The van der Waals surface area contributed by atoms with Crippen LogP contribution in [0.5, 0.6) is 5.75 Å². The van der Waals surface area contributed by atoms with Crippen LogP contribution in [0.15, 0.2) is 24.3 Å². The fourth-order valence-electron chi connectivity index (χ4n) is 3.25. The summed E-state index contributed by atoms with van der Waals surface area (Å²) < 4.78 is 10.5. The zero-order valence-electron chi connectivity index (χ0n) is 14.7. The first kappa shape index (κ1) is 17.8. The normalized spacial score (nSPS) is 14.6. The third-order valence-corrected chi connectivity index (χ3v) is 5.42. The Bertz CT molecular complexity index is 734. The summed E-state index contributed by atoms with van der Waals surface area (Å²) in [6.07, 6.45) is 2.45. The van der Waals surface area contributed by atoms with Crippen molar-refractivity contribution in [3.63, 3.8) is 0 Å². The Kier molecular flexibility index (Phi) is 5.60. The molecule has 2 N–H and O–H groups in total. The molecule has 0 unspecified atom stereocenters. The summed E-state index contributed by atoms with van der Waals surface area (Å²) in [5.74, 6) is 0.431. The molecule has 0 saturated carbocycles. The van der Waals surface area contributed by atoms with E-state index in [9.17, 15) is 4.79 Å². The fraction of sp³-hybridized carbons (Fsp3) is 0.421. The van der Waals surface area contributed by atoms with E-state index in [0.29, 0.717) is 17.2 Å². The van der Waals surface area contributed by atoms with Crippen molar-refractivity contribution >= 4 is 22.3 Å². The molecule has 1 saturated heterocycles. The lowest BCUT2D eigenvalue weighted by Gasteiger charge is -2.15. The van der Waals surface area contributed by atoms with Gasteiger partial charge in [0.25, 0.3) is 0 Å². The number of carbonyl (C=O) groups excluding carboxylic acids is 1. The molecule has 2 heterocycles. The molecular weight excluding hydrogens is 336 g/mol. The molecule has 3 rings (SSSR count). The van der Waals surface area contributed by atoms with Crippen LogP contribution in [0, 0.1) is 0 Å². The molecule has 0 amide bonds. The van der Waals surface area contributed by atoms with E-state index in [1.54, 1.807) is 0 Å². The fourth-order valence-corrected chi connectivity index (χ4v) is 4.37. The number of nitrogen functional groups attached to an aromatic ring is 1. The van der Waals surface area contributed by atoms with Crippen molar-refractivity contribution in [1.29, 1.82) is 0 Å². The van der Waals surface area contributed by atoms with E-state index in [2.05, 4.69) is 4.90 Å². The molecular formula is C19H24N2O3S. The van der Waals surface area contributed by atoms with E-state index in [4.69, 9.17) is 15.2 Å². The second-order valence-corrected chi connectivity index (χ2v) is 7.21. The van der Waals surface area contributed by atoms with Gasteiger partial charge in [-0.2, -0.15) is 0 Å². The van der Waals surface area contributed by atoms with Gasteiger partial charge in [0.2, 0.25) is 0 Å². The van der Waals surface area contributed by atoms with E-state index in [-0.39, 0.29) is 5.97 Å². The highest BCUT2D eigenvalue weighted by molar-refractivity contribution is 7.17. The molecule has 2 aromatic rings. The lowest BCUT2D eigenvalue weighted by Crippen LogP contribution is -2.18. The second kappa shape index (κ2) is 7.89. The van der Waals surface area contributed by atoms with Crippen molar-refractivity contribution in [3.8, 4) is 16.9 Å². The predicted molar refractivity (Wildman–Crippen MR) is 101 cm³/mol. The molecule has 6 heteroatoms. The Morgan fingerprint density at radius 1 is 1.24 bits per heavy atom. The molecule has 0 radical (unpaired) electrons. The number of anilines is 1. The van der Waals surface area contributed by atoms with Gasteiger partial charge in [0.05, 0.1) is 13.7 Å². The van der Waals surface area contributed by atoms with Crippen LogP contribution in [0.25, 0.3) is 11.1 Å². The standard InChI is InChI=1S/C19H24N2O3S/c1-3-24-14-8-6-13(7-9-14)16-15(12-21-10-4-5-11-21)25-18(20)17(16)19(22)23-2/h6-9H,3-5,10-12,20H2,1-2H3. The average molecular weight is 360 g/mol. The maximum Gasteiger partial charge on any atom is 0.341 e. The van der Waals surface area contributed by atoms with Crippen molar-refractivity contribution in [3.05, 3.63) is 34.7 Å². The maximum absolute atomic E-state index is 12.3. The van der Waals surface area contributed by atoms with Crippen molar-refractivity contribution in [2.45, 2.75) is 26.3 Å². The van der Waals surface area contributed by atoms with E-state index in [0.717, 1.165) is 41.4 Å². The Morgan fingerprint density at radius 3 is 2.52 bits per heavy atom. The van der Waals surface area contributed by atoms with Crippen molar-refractivity contribution in [2.24, 2.45) is 0 Å². The lowest BCUT2D eigenvalue weighted by atomic mass is 10.0. The van der Waals surface area contributed by atoms with Gasteiger partial charge in [-0.25, -0.2) is 4.79 Å². The zero-order valence-corrected chi connectivity index (χ0v) is 15.5. The number of methoxy groups -OCH3 is 1. The summed E-state index contributed by atoms with van der Waals surface area (Å²) in [7, 11) is 1.39. The Morgan fingerprint density at radius 2 is 1.92 bits per heavy atom. The summed E-state index contributed by atoms with van der Waals surface area (Å²) >= 11 is 1.48. The molecule has 25 heavy (non-hydrogen) atoms. The van der Waals surface area contributed by atoms with E-state index in [1.807, 2.05) is 31.2 Å². The smallest absolute Gasteiger partial charge is 0.341 e. The van der Waals surface area contributed by atoms with Gasteiger partial charge in [-0.1, -0.05) is 12.1 Å². The van der Waals surface area contributed by atoms with Gasteiger partial charge >= 0.3 is 5.97 Å². The first-order valence-corrected chi connectivity index (χ1v) is 9.40. The van der Waals surface area contributed by atoms with Crippen molar-refractivity contribution in [2.75, 3.05) is 32.5 Å². The number of thiophene rings is 1. The largest absolute Gasteiger partial charge is 0.494 e. The Balaban J connectivity index is 2.02. The molecule has 1 aromatic carbocycles. The van der Waals surface area contributed by atoms with E-state index in [1.165, 1.54) is 31.3 Å². The van der Waals surface area contributed by atoms with Gasteiger partial charge in [0.15, 0.2) is 0 Å². The first-order chi connectivity index (χ1) is 12.1. The molecule has 0 atom stereocenters. The number of hydrogen-bond acceptors (Lipinski definition) is 6. The number of carbonyl (C=O) groups is 1. The van der Waals surface area contributed by atoms with Crippen LogP contribution in [-0.4, -0.2) is 37.7 Å². The molecule has 0 aliphatic carbocycles. The summed E-state index contributed by atoms with van der Waals surface area (Å²) in [6, 6.07) is 7.81. The molecule has 1 fully saturated rings. The maximum atomic E-state index is 12.3. The van der Waals surface area contributed by atoms with Crippen LogP contribution in [0.1, 0.15) is 35.0 Å². The summed E-state index contributed by atoms with van der Waals surface area (Å²) in [5, 5.41) is 0.518. The minimum absolute atomic E-state index is 0.384. The first-order valence-electron chi connectivity index (χ1n) is 8.59. The van der Waals surface area contributed by atoms with Crippen molar-refractivity contribution in [1.82, 2.24) is 4.90 Å². The molecule has 1 aliphatic rings. The number of hydrogen-bond donors (Lipinski definition) is 1. The molecule has 0 spiro atoms. The minimum atomic E-state index is -0.384. The molecule has 1 aromatic heterocycles. The highest BCUT2D eigenvalue weighted by Crippen LogP contribution is 2.40. The van der Waals surface area contributed by atoms with Crippen LogP contribution >= 0.6 is 11.3 Å². The number of esters is 1. The summed E-state index contributed by atoms with van der Waals surface area (Å²) in [5.41, 5.74) is 8.52. The predicted octanol–water partition coefficient (Wildman–Crippen LogP) is 3.78. The summed E-state index contributed by atoms with van der Waals surface area (Å²) in [6.45, 7) is 5.58. The lowest BCUT2D eigenvalue weighted by molar-refractivity contribution is 0.0603. The van der Waals surface area contributed by atoms with Crippen LogP contribution < -0.4 is 10.5 Å². The Hall–Kier alpha value is -2.05. The number of nitrogens with zero attached hydrogens (tertiary/aromatic N) is 1. The number of rotatable bonds is 6. The van der Waals surface area contributed by atoms with Gasteiger partial charge in [0, 0.05) is 17.0 Å². The van der Waals surface area contributed by atoms with Gasteiger partial charge in [-0.3, -0.25) is 4.90 Å². The number of benzene rings is 1. The van der Waals surface area contributed by atoms with Crippen LogP contribution in [0.3, 0.4) is 0 Å². The van der Waals surface area contributed by atoms with Crippen LogP contribution in [0.4, 0.5) is 5.00 Å².